The lowest BCUT2D eigenvalue weighted by Gasteiger charge is -2.44. The van der Waals surface area contributed by atoms with Crippen LogP contribution in [0.1, 0.15) is 47.0 Å². The SMILES string of the molecule is CC(C)CCN(C)C(C)(CN)C1(C)CC1. The molecule has 0 heterocycles. The van der Waals surface area contributed by atoms with E-state index in [1.807, 2.05) is 0 Å². The van der Waals surface area contributed by atoms with Gasteiger partial charge in [-0.15, -0.1) is 0 Å². The predicted octanol–water partition coefficient (Wildman–Crippen LogP) is 2.48. The van der Waals surface area contributed by atoms with Crippen molar-refractivity contribution in [2.75, 3.05) is 20.1 Å². The maximum Gasteiger partial charge on any atom is 0.0354 e. The van der Waals surface area contributed by atoms with Gasteiger partial charge in [-0.25, -0.2) is 0 Å². The van der Waals surface area contributed by atoms with E-state index in [1.54, 1.807) is 0 Å². The van der Waals surface area contributed by atoms with Gasteiger partial charge in [0.15, 0.2) is 0 Å². The monoisotopic (exact) mass is 212 g/mol. The summed E-state index contributed by atoms with van der Waals surface area (Å²) in [5, 5.41) is 0. The first-order valence-electron chi connectivity index (χ1n) is 6.27. The van der Waals surface area contributed by atoms with Crippen molar-refractivity contribution in [3.63, 3.8) is 0 Å². The third-order valence-electron chi connectivity index (χ3n) is 4.58. The van der Waals surface area contributed by atoms with Gasteiger partial charge in [-0.2, -0.15) is 0 Å². The Morgan fingerprint density at radius 3 is 2.27 bits per heavy atom. The van der Waals surface area contributed by atoms with Crippen LogP contribution in [0.2, 0.25) is 0 Å². The maximum absolute atomic E-state index is 6.00. The van der Waals surface area contributed by atoms with E-state index >= 15 is 0 Å². The molecule has 2 nitrogen and oxygen atoms in total. The van der Waals surface area contributed by atoms with Crippen LogP contribution in [0.4, 0.5) is 0 Å². The van der Waals surface area contributed by atoms with E-state index in [0.717, 1.165) is 12.5 Å². The highest BCUT2D eigenvalue weighted by Crippen LogP contribution is 2.55. The topological polar surface area (TPSA) is 29.3 Å². The molecule has 1 rings (SSSR count). The molecular formula is C13H28N2. The van der Waals surface area contributed by atoms with Gasteiger partial charge in [0.25, 0.3) is 0 Å². The Kier molecular flexibility index (Phi) is 3.83. The van der Waals surface area contributed by atoms with Gasteiger partial charge < -0.3 is 5.73 Å². The lowest BCUT2D eigenvalue weighted by atomic mass is 9.82. The summed E-state index contributed by atoms with van der Waals surface area (Å²) >= 11 is 0. The highest BCUT2D eigenvalue weighted by molar-refractivity contribution is 5.08. The second-order valence-electron chi connectivity index (χ2n) is 6.14. The fourth-order valence-electron chi connectivity index (χ4n) is 2.29. The molecule has 0 aromatic carbocycles. The summed E-state index contributed by atoms with van der Waals surface area (Å²) in [6, 6.07) is 0. The Morgan fingerprint density at radius 1 is 1.40 bits per heavy atom. The van der Waals surface area contributed by atoms with Crippen molar-refractivity contribution in [1.82, 2.24) is 4.90 Å². The van der Waals surface area contributed by atoms with Gasteiger partial charge in [0.05, 0.1) is 0 Å². The number of hydrogen-bond acceptors (Lipinski definition) is 2. The van der Waals surface area contributed by atoms with Crippen molar-refractivity contribution in [2.45, 2.75) is 52.5 Å². The van der Waals surface area contributed by atoms with Gasteiger partial charge >= 0.3 is 0 Å². The summed E-state index contributed by atoms with van der Waals surface area (Å²) < 4.78 is 0. The average molecular weight is 212 g/mol. The first-order chi connectivity index (χ1) is 6.85. The summed E-state index contributed by atoms with van der Waals surface area (Å²) in [5.74, 6) is 0.779. The fourth-order valence-corrected chi connectivity index (χ4v) is 2.29. The summed E-state index contributed by atoms with van der Waals surface area (Å²) in [6.45, 7) is 11.2. The Hall–Kier alpha value is -0.0800. The van der Waals surface area contributed by atoms with Crippen LogP contribution in [0.25, 0.3) is 0 Å². The van der Waals surface area contributed by atoms with Crippen LogP contribution in [0.5, 0.6) is 0 Å². The standard InChI is InChI=1S/C13H28N2/c1-11(2)6-9-15(5)13(4,10-14)12(3)7-8-12/h11H,6-10,14H2,1-5H3. The van der Waals surface area contributed by atoms with Crippen molar-refractivity contribution >= 4 is 0 Å². The van der Waals surface area contributed by atoms with Crippen molar-refractivity contribution < 1.29 is 0 Å². The third-order valence-corrected chi connectivity index (χ3v) is 4.58. The van der Waals surface area contributed by atoms with E-state index in [1.165, 1.54) is 25.8 Å². The largest absolute Gasteiger partial charge is 0.329 e. The van der Waals surface area contributed by atoms with Gasteiger partial charge in [0.1, 0.15) is 0 Å². The first-order valence-corrected chi connectivity index (χ1v) is 6.27. The minimum Gasteiger partial charge on any atom is -0.329 e. The van der Waals surface area contributed by atoms with E-state index < -0.39 is 0 Å². The second kappa shape index (κ2) is 4.42. The molecule has 0 spiro atoms. The Balaban J connectivity index is 2.57. The molecule has 1 unspecified atom stereocenters. The zero-order valence-electron chi connectivity index (χ0n) is 11.1. The summed E-state index contributed by atoms with van der Waals surface area (Å²) in [6.07, 6.45) is 3.95. The zero-order chi connectivity index (χ0) is 11.7. The molecule has 2 N–H and O–H groups in total. The maximum atomic E-state index is 6.00. The fraction of sp³-hybridized carbons (Fsp3) is 1.00. The normalized spacial score (nSPS) is 23.2. The highest BCUT2D eigenvalue weighted by Gasteiger charge is 2.53. The van der Waals surface area contributed by atoms with Crippen LogP contribution in [0, 0.1) is 11.3 Å². The molecule has 0 aromatic heterocycles. The Labute approximate surface area is 95.2 Å². The number of rotatable bonds is 6. The molecular weight excluding hydrogens is 184 g/mol. The molecule has 0 saturated heterocycles. The minimum absolute atomic E-state index is 0.196. The van der Waals surface area contributed by atoms with Gasteiger partial charge in [-0.05, 0) is 51.1 Å². The molecule has 0 aliphatic heterocycles. The van der Waals surface area contributed by atoms with E-state index in [9.17, 15) is 0 Å². The van der Waals surface area contributed by atoms with Gasteiger partial charge in [-0.3, -0.25) is 4.90 Å². The molecule has 1 aliphatic rings. The summed E-state index contributed by atoms with van der Waals surface area (Å²) in [5.41, 5.74) is 6.66. The molecule has 0 bridgehead atoms. The predicted molar refractivity (Wildman–Crippen MR) is 66.9 cm³/mol. The molecule has 0 aromatic rings. The van der Waals surface area contributed by atoms with Crippen LogP contribution in [-0.4, -0.2) is 30.6 Å². The van der Waals surface area contributed by atoms with Crippen molar-refractivity contribution in [2.24, 2.45) is 17.1 Å². The average Bonchev–Trinajstić information content (AvgIpc) is 2.92. The van der Waals surface area contributed by atoms with E-state index in [0.29, 0.717) is 5.41 Å². The molecule has 15 heavy (non-hydrogen) atoms. The lowest BCUT2D eigenvalue weighted by molar-refractivity contribution is 0.0686. The van der Waals surface area contributed by atoms with Gasteiger partial charge in [-0.1, -0.05) is 20.8 Å². The first kappa shape index (κ1) is 13.0. The smallest absolute Gasteiger partial charge is 0.0354 e. The van der Waals surface area contributed by atoms with Crippen LogP contribution < -0.4 is 5.73 Å². The molecule has 90 valence electrons. The number of nitrogens with two attached hydrogens (primary N) is 1. The lowest BCUT2D eigenvalue weighted by Crippen LogP contribution is -2.55. The molecule has 1 aliphatic carbocycles. The van der Waals surface area contributed by atoms with Crippen LogP contribution in [0.3, 0.4) is 0 Å². The number of likely N-dealkylation sites (N-methyl/N-ethyl adjacent to an activating group) is 1. The number of hydrogen-bond donors (Lipinski definition) is 1. The molecule has 0 radical (unpaired) electrons. The van der Waals surface area contributed by atoms with Crippen molar-refractivity contribution in [3.8, 4) is 0 Å². The van der Waals surface area contributed by atoms with Crippen molar-refractivity contribution in [3.05, 3.63) is 0 Å². The Morgan fingerprint density at radius 2 is 1.93 bits per heavy atom. The zero-order valence-corrected chi connectivity index (χ0v) is 11.1. The molecule has 0 amide bonds. The summed E-state index contributed by atoms with van der Waals surface area (Å²) in [7, 11) is 2.23. The van der Waals surface area contributed by atoms with E-state index in [-0.39, 0.29) is 5.54 Å². The second-order valence-corrected chi connectivity index (χ2v) is 6.14. The Bertz CT molecular complexity index is 209. The number of nitrogens with zero attached hydrogens (tertiary/aromatic N) is 1. The van der Waals surface area contributed by atoms with E-state index in [2.05, 4.69) is 39.6 Å². The molecule has 1 fully saturated rings. The minimum atomic E-state index is 0.196. The molecule has 2 heteroatoms. The van der Waals surface area contributed by atoms with Crippen molar-refractivity contribution in [1.29, 1.82) is 0 Å². The molecule has 1 saturated carbocycles. The summed E-state index contributed by atoms with van der Waals surface area (Å²) in [4.78, 5) is 2.49. The van der Waals surface area contributed by atoms with Gasteiger partial charge in [0.2, 0.25) is 0 Å². The van der Waals surface area contributed by atoms with Crippen LogP contribution >= 0.6 is 0 Å². The quantitative estimate of drug-likeness (QED) is 0.733. The van der Waals surface area contributed by atoms with Gasteiger partial charge in [0, 0.05) is 12.1 Å². The van der Waals surface area contributed by atoms with Crippen LogP contribution in [-0.2, 0) is 0 Å². The third kappa shape index (κ3) is 2.54. The van der Waals surface area contributed by atoms with E-state index in [4.69, 9.17) is 5.73 Å². The highest BCUT2D eigenvalue weighted by atomic mass is 15.2. The van der Waals surface area contributed by atoms with Crippen LogP contribution in [0.15, 0.2) is 0 Å². The molecule has 1 atom stereocenters.